The number of nitriles is 1. The summed E-state index contributed by atoms with van der Waals surface area (Å²) in [6, 6.07) is 14.8. The van der Waals surface area contributed by atoms with E-state index in [0.29, 0.717) is 17.9 Å². The average molecular weight is 387 g/mol. The summed E-state index contributed by atoms with van der Waals surface area (Å²) < 4.78 is 41.8. The summed E-state index contributed by atoms with van der Waals surface area (Å²) in [5.74, 6) is 0.434. The largest absolute Gasteiger partial charge is 0.493 e. The van der Waals surface area contributed by atoms with Gasteiger partial charge in [0.2, 0.25) is 0 Å². The van der Waals surface area contributed by atoms with E-state index in [0.717, 1.165) is 35.0 Å². The third-order valence-electron chi connectivity index (χ3n) is 4.35. The second kappa shape index (κ2) is 8.81. The number of aromatic amines is 1. The van der Waals surface area contributed by atoms with Gasteiger partial charge >= 0.3 is 6.18 Å². The zero-order valence-corrected chi connectivity index (χ0v) is 15.1. The second-order valence-corrected chi connectivity index (χ2v) is 6.47. The van der Waals surface area contributed by atoms with Gasteiger partial charge < -0.3 is 15.0 Å². The van der Waals surface area contributed by atoms with Crippen molar-refractivity contribution in [3.05, 3.63) is 65.4 Å². The first-order valence-corrected chi connectivity index (χ1v) is 8.94. The van der Waals surface area contributed by atoms with Gasteiger partial charge in [-0.25, -0.2) is 0 Å². The Kier molecular flexibility index (Phi) is 6.22. The van der Waals surface area contributed by atoms with Crippen LogP contribution in [0.15, 0.2) is 48.7 Å². The molecule has 0 amide bonds. The highest BCUT2D eigenvalue weighted by atomic mass is 19.4. The van der Waals surface area contributed by atoms with E-state index in [9.17, 15) is 13.2 Å². The number of hydrogen-bond donors (Lipinski definition) is 2. The molecule has 146 valence electrons. The zero-order chi connectivity index (χ0) is 20.0. The number of hydrogen-bond acceptors (Lipinski definition) is 3. The van der Waals surface area contributed by atoms with Gasteiger partial charge in [-0.2, -0.15) is 18.4 Å². The maximum Gasteiger partial charge on any atom is 0.392 e. The van der Waals surface area contributed by atoms with Gasteiger partial charge in [0.25, 0.3) is 0 Å². The van der Waals surface area contributed by atoms with Crippen LogP contribution < -0.4 is 10.1 Å². The van der Waals surface area contributed by atoms with Gasteiger partial charge in [-0.1, -0.05) is 12.1 Å². The summed E-state index contributed by atoms with van der Waals surface area (Å²) in [6.07, 6.45) is -2.44. The van der Waals surface area contributed by atoms with E-state index < -0.39 is 12.6 Å². The van der Waals surface area contributed by atoms with Crippen molar-refractivity contribution >= 4 is 10.9 Å². The molecule has 0 radical (unpaired) electrons. The minimum absolute atomic E-state index is 0.383. The molecular formula is C21H20F3N3O. The molecule has 2 aromatic carbocycles. The summed E-state index contributed by atoms with van der Waals surface area (Å²) in [7, 11) is 0. The molecule has 0 saturated carbocycles. The molecule has 4 nitrogen and oxygen atoms in total. The van der Waals surface area contributed by atoms with Crippen molar-refractivity contribution in [2.75, 3.05) is 13.2 Å². The van der Waals surface area contributed by atoms with Crippen molar-refractivity contribution in [3.63, 3.8) is 0 Å². The number of fused-ring (bicyclic) bond motifs is 1. The predicted octanol–water partition coefficient (Wildman–Crippen LogP) is 4.70. The van der Waals surface area contributed by atoms with Crippen LogP contribution in [0.1, 0.15) is 23.1 Å². The molecule has 0 atom stereocenters. The molecule has 0 bridgehead atoms. The molecule has 0 unspecified atom stereocenters. The number of halogens is 3. The lowest BCUT2D eigenvalue weighted by Crippen LogP contribution is -2.16. The van der Waals surface area contributed by atoms with E-state index in [4.69, 9.17) is 10.00 Å². The van der Waals surface area contributed by atoms with Crippen LogP contribution in [0.25, 0.3) is 10.9 Å². The van der Waals surface area contributed by atoms with Crippen LogP contribution in [0.5, 0.6) is 5.75 Å². The topological polar surface area (TPSA) is 60.8 Å². The fraction of sp³-hybridized carbons (Fsp3) is 0.286. The highest BCUT2D eigenvalue weighted by Crippen LogP contribution is 2.21. The molecular weight excluding hydrogens is 367 g/mol. The van der Waals surface area contributed by atoms with Crippen LogP contribution in [0.2, 0.25) is 0 Å². The molecule has 1 aromatic heterocycles. The molecule has 1 heterocycles. The number of alkyl halides is 3. The van der Waals surface area contributed by atoms with E-state index in [1.165, 1.54) is 0 Å². The van der Waals surface area contributed by atoms with Gasteiger partial charge in [-0.3, -0.25) is 0 Å². The third kappa shape index (κ3) is 5.51. The normalized spacial score (nSPS) is 11.5. The molecule has 7 heteroatoms. The fourth-order valence-electron chi connectivity index (χ4n) is 2.94. The smallest absolute Gasteiger partial charge is 0.392 e. The average Bonchev–Trinajstić information content (AvgIpc) is 3.07. The van der Waals surface area contributed by atoms with Crippen LogP contribution >= 0.6 is 0 Å². The number of benzene rings is 2. The number of ether oxygens (including phenoxy) is 1. The molecule has 0 fully saturated rings. The van der Waals surface area contributed by atoms with E-state index in [-0.39, 0.29) is 6.61 Å². The molecule has 3 aromatic rings. The van der Waals surface area contributed by atoms with Crippen LogP contribution in [-0.2, 0) is 13.0 Å². The molecule has 0 aliphatic rings. The van der Waals surface area contributed by atoms with Gasteiger partial charge in [-0.05, 0) is 54.4 Å². The Morgan fingerprint density at radius 2 is 2.00 bits per heavy atom. The van der Waals surface area contributed by atoms with Gasteiger partial charge in [0.15, 0.2) is 0 Å². The van der Waals surface area contributed by atoms with E-state index >= 15 is 0 Å². The first-order valence-electron chi connectivity index (χ1n) is 8.94. The summed E-state index contributed by atoms with van der Waals surface area (Å²) in [5.41, 5.74) is 3.69. The lowest BCUT2D eigenvalue weighted by Gasteiger charge is -2.10. The quantitative estimate of drug-likeness (QED) is 0.551. The van der Waals surface area contributed by atoms with Crippen molar-refractivity contribution in [3.8, 4) is 11.8 Å². The Balaban J connectivity index is 1.49. The Hall–Kier alpha value is -2.98. The minimum atomic E-state index is -4.21. The molecule has 3 rings (SSSR count). The molecule has 0 saturated heterocycles. The number of H-pyrrole nitrogens is 1. The number of aromatic nitrogens is 1. The standard InChI is InChI=1S/C21H20F3N3O/c22-21(23,24)7-9-28-18-3-1-2-16(10-18)13-26-8-6-17-14-27-20-5-4-15(12-25)11-19(17)20/h1-5,10-11,14,26-27H,6-9,13H2. The zero-order valence-electron chi connectivity index (χ0n) is 15.1. The first kappa shape index (κ1) is 19.8. The lowest BCUT2D eigenvalue weighted by atomic mass is 10.1. The first-order chi connectivity index (χ1) is 13.4. The van der Waals surface area contributed by atoms with Crippen molar-refractivity contribution in [2.45, 2.75) is 25.6 Å². The van der Waals surface area contributed by atoms with Crippen LogP contribution in [0.3, 0.4) is 0 Å². The lowest BCUT2D eigenvalue weighted by molar-refractivity contribution is -0.139. The molecule has 28 heavy (non-hydrogen) atoms. The fourth-order valence-corrected chi connectivity index (χ4v) is 2.94. The highest BCUT2D eigenvalue weighted by Gasteiger charge is 2.26. The van der Waals surface area contributed by atoms with Gasteiger partial charge in [0.05, 0.1) is 24.7 Å². The summed E-state index contributed by atoms with van der Waals surface area (Å²) in [5, 5.41) is 13.4. The monoisotopic (exact) mass is 387 g/mol. The van der Waals surface area contributed by atoms with Gasteiger partial charge in [0.1, 0.15) is 5.75 Å². The molecule has 2 N–H and O–H groups in total. The second-order valence-electron chi connectivity index (χ2n) is 6.47. The third-order valence-corrected chi connectivity index (χ3v) is 4.35. The summed E-state index contributed by atoms with van der Waals surface area (Å²) in [4.78, 5) is 3.20. The number of nitrogens with one attached hydrogen (secondary N) is 2. The number of nitrogens with zero attached hydrogens (tertiary/aromatic N) is 1. The maximum absolute atomic E-state index is 12.2. The van der Waals surface area contributed by atoms with Crippen molar-refractivity contribution in [1.82, 2.24) is 10.3 Å². The van der Waals surface area contributed by atoms with Crippen LogP contribution in [0.4, 0.5) is 13.2 Å². The Morgan fingerprint density at radius 1 is 1.14 bits per heavy atom. The molecule has 0 aliphatic carbocycles. The highest BCUT2D eigenvalue weighted by molar-refractivity contribution is 5.84. The maximum atomic E-state index is 12.2. The van der Waals surface area contributed by atoms with Gasteiger partial charge in [-0.15, -0.1) is 0 Å². The Morgan fingerprint density at radius 3 is 2.79 bits per heavy atom. The van der Waals surface area contributed by atoms with Gasteiger partial charge in [0, 0.05) is 23.6 Å². The van der Waals surface area contributed by atoms with Crippen molar-refractivity contribution in [2.24, 2.45) is 0 Å². The van der Waals surface area contributed by atoms with Crippen molar-refractivity contribution in [1.29, 1.82) is 5.26 Å². The van der Waals surface area contributed by atoms with E-state index in [1.54, 1.807) is 24.3 Å². The minimum Gasteiger partial charge on any atom is -0.493 e. The summed E-state index contributed by atoms with van der Waals surface area (Å²) >= 11 is 0. The molecule has 0 aliphatic heterocycles. The van der Waals surface area contributed by atoms with Crippen LogP contribution in [-0.4, -0.2) is 24.3 Å². The Labute approximate surface area is 160 Å². The molecule has 0 spiro atoms. The van der Waals surface area contributed by atoms with Crippen LogP contribution in [0, 0.1) is 11.3 Å². The van der Waals surface area contributed by atoms with E-state index in [2.05, 4.69) is 16.4 Å². The Bertz CT molecular complexity index is 973. The SMILES string of the molecule is N#Cc1ccc2[nH]cc(CCNCc3cccc(OCCC(F)(F)F)c3)c2c1. The predicted molar refractivity (Wildman–Crippen MR) is 101 cm³/mol. The summed E-state index contributed by atoms with van der Waals surface area (Å²) in [6.45, 7) is 0.927. The van der Waals surface area contributed by atoms with E-state index in [1.807, 2.05) is 24.4 Å². The van der Waals surface area contributed by atoms with Crippen molar-refractivity contribution < 1.29 is 17.9 Å². The number of rotatable bonds is 8.